The SMILES string of the molecule is OC(Cc1ccc(Br)s1)C1(O)CCCCCC1. The summed E-state index contributed by atoms with van der Waals surface area (Å²) in [5.74, 6) is 0. The van der Waals surface area contributed by atoms with Crippen LogP contribution in [0.4, 0.5) is 0 Å². The Kier molecular flexibility index (Phi) is 4.64. The molecule has 1 fully saturated rings. The second-order valence-corrected chi connectivity index (χ2v) is 7.49. The monoisotopic (exact) mass is 318 g/mol. The molecule has 2 rings (SSSR count). The summed E-state index contributed by atoms with van der Waals surface area (Å²) in [6.07, 6.45) is 5.82. The maximum Gasteiger partial charge on any atom is 0.0909 e. The molecule has 1 heterocycles. The molecule has 0 bridgehead atoms. The van der Waals surface area contributed by atoms with Gasteiger partial charge >= 0.3 is 0 Å². The van der Waals surface area contributed by atoms with E-state index in [1.54, 1.807) is 11.3 Å². The second-order valence-electron chi connectivity index (χ2n) is 4.94. The van der Waals surface area contributed by atoms with Crippen LogP contribution in [0, 0.1) is 0 Å². The maximum absolute atomic E-state index is 10.5. The van der Waals surface area contributed by atoms with Gasteiger partial charge in [0.1, 0.15) is 0 Å². The third-order valence-corrected chi connectivity index (χ3v) is 5.26. The van der Waals surface area contributed by atoms with E-state index in [4.69, 9.17) is 0 Å². The molecule has 0 radical (unpaired) electrons. The van der Waals surface area contributed by atoms with E-state index < -0.39 is 11.7 Å². The highest BCUT2D eigenvalue weighted by atomic mass is 79.9. The molecule has 1 aromatic heterocycles. The Morgan fingerprint density at radius 2 is 1.88 bits per heavy atom. The summed E-state index contributed by atoms with van der Waals surface area (Å²) >= 11 is 5.05. The van der Waals surface area contributed by atoms with E-state index in [-0.39, 0.29) is 0 Å². The van der Waals surface area contributed by atoms with Crippen molar-refractivity contribution in [3.05, 3.63) is 20.8 Å². The molecule has 1 unspecified atom stereocenters. The summed E-state index contributed by atoms with van der Waals surface area (Å²) in [6, 6.07) is 4.00. The van der Waals surface area contributed by atoms with Crippen molar-refractivity contribution < 1.29 is 10.2 Å². The minimum absolute atomic E-state index is 0.562. The van der Waals surface area contributed by atoms with Gasteiger partial charge in [-0.1, -0.05) is 25.7 Å². The molecule has 1 aliphatic carbocycles. The van der Waals surface area contributed by atoms with Crippen molar-refractivity contribution in [2.45, 2.75) is 56.7 Å². The van der Waals surface area contributed by atoms with Crippen molar-refractivity contribution >= 4 is 27.3 Å². The normalized spacial score (nSPS) is 22.1. The number of hydrogen-bond donors (Lipinski definition) is 2. The first-order valence-corrected chi connectivity index (χ1v) is 7.86. The highest BCUT2D eigenvalue weighted by Crippen LogP contribution is 2.32. The number of aliphatic hydroxyl groups excluding tert-OH is 1. The lowest BCUT2D eigenvalue weighted by Gasteiger charge is -2.31. The molecule has 0 amide bonds. The molecule has 96 valence electrons. The smallest absolute Gasteiger partial charge is 0.0909 e. The fraction of sp³-hybridized carbons (Fsp3) is 0.692. The van der Waals surface area contributed by atoms with Crippen LogP contribution in [-0.4, -0.2) is 21.9 Å². The van der Waals surface area contributed by atoms with Crippen molar-refractivity contribution in [1.82, 2.24) is 0 Å². The lowest BCUT2D eigenvalue weighted by atomic mass is 9.86. The van der Waals surface area contributed by atoms with Gasteiger partial charge in [-0.25, -0.2) is 0 Å². The topological polar surface area (TPSA) is 40.5 Å². The van der Waals surface area contributed by atoms with Gasteiger partial charge in [-0.15, -0.1) is 11.3 Å². The lowest BCUT2D eigenvalue weighted by Crippen LogP contribution is -2.43. The van der Waals surface area contributed by atoms with E-state index in [0.29, 0.717) is 6.42 Å². The lowest BCUT2D eigenvalue weighted by molar-refractivity contribution is -0.0833. The van der Waals surface area contributed by atoms with Crippen molar-refractivity contribution in [3.8, 4) is 0 Å². The Morgan fingerprint density at radius 1 is 1.24 bits per heavy atom. The standard InChI is InChI=1S/C13H19BrO2S/c14-12-6-5-10(17-12)9-11(15)13(16)7-3-1-2-4-8-13/h5-6,11,15-16H,1-4,7-9H2. The molecule has 4 heteroatoms. The molecule has 2 nitrogen and oxygen atoms in total. The Bertz CT molecular complexity index is 356. The predicted octanol–water partition coefficient (Wildman–Crippen LogP) is 3.50. The highest BCUT2D eigenvalue weighted by Gasteiger charge is 2.35. The van der Waals surface area contributed by atoms with E-state index in [1.807, 2.05) is 12.1 Å². The van der Waals surface area contributed by atoms with Crippen molar-refractivity contribution in [1.29, 1.82) is 0 Å². The third kappa shape index (κ3) is 3.53. The molecule has 1 aliphatic rings. The van der Waals surface area contributed by atoms with Crippen molar-refractivity contribution in [2.24, 2.45) is 0 Å². The van der Waals surface area contributed by atoms with E-state index in [9.17, 15) is 10.2 Å². The van der Waals surface area contributed by atoms with Gasteiger partial charge in [-0.2, -0.15) is 0 Å². The number of thiophene rings is 1. The first-order chi connectivity index (χ1) is 8.10. The Hall–Kier alpha value is 0.1000. The van der Waals surface area contributed by atoms with Gasteiger partial charge in [0.05, 0.1) is 15.5 Å². The minimum atomic E-state index is -0.868. The van der Waals surface area contributed by atoms with Crippen LogP contribution >= 0.6 is 27.3 Å². The Labute approximate surface area is 115 Å². The van der Waals surface area contributed by atoms with Crippen LogP contribution in [0.1, 0.15) is 43.4 Å². The fourth-order valence-corrected chi connectivity index (χ4v) is 4.04. The molecular weight excluding hydrogens is 300 g/mol. The predicted molar refractivity (Wildman–Crippen MR) is 74.4 cm³/mol. The molecule has 0 spiro atoms. The zero-order valence-electron chi connectivity index (χ0n) is 9.86. The van der Waals surface area contributed by atoms with E-state index >= 15 is 0 Å². The summed E-state index contributed by atoms with van der Waals surface area (Å²) in [7, 11) is 0. The van der Waals surface area contributed by atoms with Crippen LogP contribution in [0.25, 0.3) is 0 Å². The molecule has 0 saturated heterocycles. The third-order valence-electron chi connectivity index (χ3n) is 3.61. The van der Waals surface area contributed by atoms with Gasteiger partial charge in [0.15, 0.2) is 0 Å². The molecule has 1 aromatic rings. The highest BCUT2D eigenvalue weighted by molar-refractivity contribution is 9.11. The van der Waals surface area contributed by atoms with Crippen LogP contribution in [0.15, 0.2) is 15.9 Å². The number of hydrogen-bond acceptors (Lipinski definition) is 3. The van der Waals surface area contributed by atoms with E-state index in [1.165, 1.54) is 12.8 Å². The number of rotatable bonds is 3. The van der Waals surface area contributed by atoms with Crippen LogP contribution in [0.2, 0.25) is 0 Å². The van der Waals surface area contributed by atoms with Gasteiger partial charge in [0.2, 0.25) is 0 Å². The zero-order valence-corrected chi connectivity index (χ0v) is 12.3. The molecule has 0 aromatic carbocycles. The molecule has 1 atom stereocenters. The molecule has 2 N–H and O–H groups in total. The average Bonchev–Trinajstić information content (AvgIpc) is 2.56. The second kappa shape index (κ2) is 5.83. The zero-order chi connectivity index (χ0) is 12.3. The first kappa shape index (κ1) is 13.5. The first-order valence-electron chi connectivity index (χ1n) is 6.25. The fourth-order valence-electron chi connectivity index (χ4n) is 2.52. The van der Waals surface area contributed by atoms with Gasteiger partial charge in [-0.3, -0.25) is 0 Å². The summed E-state index contributed by atoms with van der Waals surface area (Å²) in [4.78, 5) is 1.13. The van der Waals surface area contributed by atoms with Crippen LogP contribution < -0.4 is 0 Å². The van der Waals surface area contributed by atoms with Crippen LogP contribution in [-0.2, 0) is 6.42 Å². The average molecular weight is 319 g/mol. The van der Waals surface area contributed by atoms with Gasteiger partial charge in [0.25, 0.3) is 0 Å². The number of aliphatic hydroxyl groups is 2. The van der Waals surface area contributed by atoms with Gasteiger partial charge in [-0.05, 0) is 40.9 Å². The van der Waals surface area contributed by atoms with Crippen molar-refractivity contribution in [2.75, 3.05) is 0 Å². The van der Waals surface area contributed by atoms with E-state index in [2.05, 4.69) is 15.9 Å². The van der Waals surface area contributed by atoms with Crippen molar-refractivity contribution in [3.63, 3.8) is 0 Å². The number of halogens is 1. The molecule has 0 aliphatic heterocycles. The van der Waals surface area contributed by atoms with Crippen LogP contribution in [0.5, 0.6) is 0 Å². The van der Waals surface area contributed by atoms with Crippen LogP contribution in [0.3, 0.4) is 0 Å². The Balaban J connectivity index is 2.00. The summed E-state index contributed by atoms with van der Waals surface area (Å²) < 4.78 is 1.08. The minimum Gasteiger partial charge on any atom is -0.390 e. The Morgan fingerprint density at radius 3 is 2.41 bits per heavy atom. The largest absolute Gasteiger partial charge is 0.390 e. The van der Waals surface area contributed by atoms with E-state index in [0.717, 1.165) is 34.3 Å². The molecule has 17 heavy (non-hydrogen) atoms. The summed E-state index contributed by atoms with van der Waals surface area (Å²) in [6.45, 7) is 0. The quantitative estimate of drug-likeness (QED) is 0.837. The summed E-state index contributed by atoms with van der Waals surface area (Å²) in [5, 5.41) is 20.8. The maximum atomic E-state index is 10.5. The van der Waals surface area contributed by atoms with Gasteiger partial charge < -0.3 is 10.2 Å². The molecule has 1 saturated carbocycles. The molecular formula is C13H19BrO2S. The summed E-state index contributed by atoms with van der Waals surface area (Å²) in [5.41, 5.74) is -0.868. The van der Waals surface area contributed by atoms with Gasteiger partial charge in [0, 0.05) is 11.3 Å².